The van der Waals surface area contributed by atoms with Gasteiger partial charge in [0.2, 0.25) is 0 Å². The van der Waals surface area contributed by atoms with Crippen LogP contribution in [0.15, 0.2) is 18.3 Å². The van der Waals surface area contributed by atoms with E-state index in [1.807, 2.05) is 12.1 Å². The smallest absolute Gasteiger partial charge is 0.129 e. The Morgan fingerprint density at radius 3 is 3.00 bits per heavy atom. The van der Waals surface area contributed by atoms with Gasteiger partial charge in [0.05, 0.1) is 18.4 Å². The summed E-state index contributed by atoms with van der Waals surface area (Å²) in [5, 5.41) is 3.25. The van der Waals surface area contributed by atoms with Gasteiger partial charge in [0.1, 0.15) is 5.82 Å². The highest BCUT2D eigenvalue weighted by molar-refractivity contribution is 5.47. The van der Waals surface area contributed by atoms with Crippen molar-refractivity contribution in [2.45, 2.75) is 0 Å². The fourth-order valence-electron chi connectivity index (χ4n) is 1.34. The van der Waals surface area contributed by atoms with E-state index in [0.29, 0.717) is 5.69 Å². The molecule has 3 N–H and O–H groups in total. The molecule has 1 saturated heterocycles. The van der Waals surface area contributed by atoms with Gasteiger partial charge in [-0.2, -0.15) is 0 Å². The third kappa shape index (κ3) is 1.89. The number of aromatic nitrogens is 1. The van der Waals surface area contributed by atoms with Crippen molar-refractivity contribution in [3.8, 4) is 0 Å². The zero-order chi connectivity index (χ0) is 9.10. The molecule has 0 spiro atoms. The van der Waals surface area contributed by atoms with Crippen molar-refractivity contribution in [1.82, 2.24) is 10.3 Å². The van der Waals surface area contributed by atoms with E-state index < -0.39 is 0 Å². The standard InChI is InChI=1S/C9H13N4/c10-8-1-2-9(12-7-8)13-5-3-11-4-6-13/h1-2,5,7,11H,3-4,6,10H2. The Morgan fingerprint density at radius 2 is 2.38 bits per heavy atom. The molecule has 1 radical (unpaired) electrons. The van der Waals surface area contributed by atoms with Crippen LogP contribution in [0.4, 0.5) is 11.5 Å². The minimum atomic E-state index is 0.707. The molecule has 1 aromatic rings. The predicted octanol–water partition coefficient (Wildman–Crippen LogP) is 0.235. The predicted molar refractivity (Wildman–Crippen MR) is 53.2 cm³/mol. The van der Waals surface area contributed by atoms with E-state index in [9.17, 15) is 0 Å². The molecule has 2 heterocycles. The first-order chi connectivity index (χ1) is 6.36. The number of pyridine rings is 1. The van der Waals surface area contributed by atoms with Gasteiger partial charge in [0.15, 0.2) is 0 Å². The second-order valence-corrected chi connectivity index (χ2v) is 3.03. The van der Waals surface area contributed by atoms with Crippen molar-refractivity contribution < 1.29 is 0 Å². The minimum Gasteiger partial charge on any atom is -0.397 e. The average molecular weight is 177 g/mol. The average Bonchev–Trinajstić information content (AvgIpc) is 2.20. The number of hydrogen-bond acceptors (Lipinski definition) is 4. The monoisotopic (exact) mass is 177 g/mol. The fourth-order valence-corrected chi connectivity index (χ4v) is 1.34. The maximum atomic E-state index is 5.55. The second-order valence-electron chi connectivity index (χ2n) is 3.03. The topological polar surface area (TPSA) is 54.2 Å². The van der Waals surface area contributed by atoms with E-state index in [2.05, 4.69) is 21.7 Å². The SMILES string of the molecule is Nc1ccc(N2[CH]CNCC2)nc1. The van der Waals surface area contributed by atoms with Gasteiger partial charge in [0.25, 0.3) is 0 Å². The molecule has 4 heteroatoms. The Hall–Kier alpha value is -1.29. The van der Waals surface area contributed by atoms with Crippen molar-refractivity contribution in [3.05, 3.63) is 24.9 Å². The summed E-state index contributed by atoms with van der Waals surface area (Å²) in [4.78, 5) is 6.38. The molecule has 0 atom stereocenters. The van der Waals surface area contributed by atoms with E-state index in [1.165, 1.54) is 0 Å². The van der Waals surface area contributed by atoms with Crippen LogP contribution in [0.3, 0.4) is 0 Å². The number of hydrogen-bond donors (Lipinski definition) is 2. The van der Waals surface area contributed by atoms with Crippen molar-refractivity contribution in [2.75, 3.05) is 30.3 Å². The van der Waals surface area contributed by atoms with Crippen LogP contribution < -0.4 is 16.0 Å². The highest BCUT2D eigenvalue weighted by Crippen LogP contribution is 2.13. The zero-order valence-corrected chi connectivity index (χ0v) is 7.40. The Kier molecular flexibility index (Phi) is 2.31. The van der Waals surface area contributed by atoms with Crippen molar-refractivity contribution in [1.29, 1.82) is 0 Å². The summed E-state index contributed by atoms with van der Waals surface area (Å²) in [6.45, 7) is 4.98. The summed E-state index contributed by atoms with van der Waals surface area (Å²) in [5.74, 6) is 0.968. The van der Waals surface area contributed by atoms with E-state index in [1.54, 1.807) is 6.20 Å². The summed E-state index contributed by atoms with van der Waals surface area (Å²) >= 11 is 0. The van der Waals surface area contributed by atoms with Gasteiger partial charge in [0, 0.05) is 19.6 Å². The number of anilines is 2. The lowest BCUT2D eigenvalue weighted by Gasteiger charge is -2.27. The molecule has 0 saturated carbocycles. The number of nitrogens with one attached hydrogen (secondary N) is 1. The van der Waals surface area contributed by atoms with E-state index in [0.717, 1.165) is 25.5 Å². The lowest BCUT2D eigenvalue weighted by molar-refractivity contribution is 0.636. The normalized spacial score (nSPS) is 17.4. The van der Waals surface area contributed by atoms with E-state index >= 15 is 0 Å². The Bertz CT molecular complexity index is 263. The molecule has 69 valence electrons. The van der Waals surface area contributed by atoms with Gasteiger partial charge in [-0.05, 0) is 12.1 Å². The molecule has 1 fully saturated rings. The molecular weight excluding hydrogens is 164 g/mol. The molecular formula is C9H13N4. The number of piperazine rings is 1. The summed E-state index contributed by atoms with van der Waals surface area (Å²) in [6.07, 6.45) is 1.69. The molecule has 2 rings (SSSR count). The molecule has 4 nitrogen and oxygen atoms in total. The van der Waals surface area contributed by atoms with Crippen LogP contribution in [0, 0.1) is 6.54 Å². The first-order valence-corrected chi connectivity index (χ1v) is 4.38. The quantitative estimate of drug-likeness (QED) is 0.645. The highest BCUT2D eigenvalue weighted by Gasteiger charge is 2.10. The van der Waals surface area contributed by atoms with Crippen LogP contribution in [0.5, 0.6) is 0 Å². The second kappa shape index (κ2) is 3.62. The Morgan fingerprint density at radius 1 is 1.46 bits per heavy atom. The number of rotatable bonds is 1. The van der Waals surface area contributed by atoms with Crippen molar-refractivity contribution in [3.63, 3.8) is 0 Å². The van der Waals surface area contributed by atoms with E-state index in [-0.39, 0.29) is 0 Å². The molecule has 0 unspecified atom stereocenters. The first-order valence-electron chi connectivity index (χ1n) is 4.38. The van der Waals surface area contributed by atoms with Gasteiger partial charge < -0.3 is 16.0 Å². The number of nitrogens with two attached hydrogens (primary N) is 1. The molecule has 1 aromatic heterocycles. The molecule has 0 aromatic carbocycles. The maximum absolute atomic E-state index is 5.55. The van der Waals surface area contributed by atoms with Gasteiger partial charge >= 0.3 is 0 Å². The van der Waals surface area contributed by atoms with Crippen molar-refractivity contribution in [2.24, 2.45) is 0 Å². The van der Waals surface area contributed by atoms with Crippen LogP contribution in [0.25, 0.3) is 0 Å². The van der Waals surface area contributed by atoms with Gasteiger partial charge in [-0.3, -0.25) is 0 Å². The third-order valence-electron chi connectivity index (χ3n) is 2.05. The van der Waals surface area contributed by atoms with Gasteiger partial charge in [-0.1, -0.05) is 0 Å². The van der Waals surface area contributed by atoms with Crippen LogP contribution in [-0.2, 0) is 0 Å². The van der Waals surface area contributed by atoms with Gasteiger partial charge in [-0.25, -0.2) is 4.98 Å². The van der Waals surface area contributed by atoms with Crippen LogP contribution in [0.1, 0.15) is 0 Å². The lowest BCUT2D eigenvalue weighted by Crippen LogP contribution is -2.40. The van der Waals surface area contributed by atoms with E-state index in [4.69, 9.17) is 5.73 Å². The minimum absolute atomic E-state index is 0.707. The molecule has 1 aliphatic rings. The number of nitrogen functional groups attached to an aromatic ring is 1. The van der Waals surface area contributed by atoms with Gasteiger partial charge in [-0.15, -0.1) is 0 Å². The molecule has 1 aliphatic heterocycles. The summed E-state index contributed by atoms with van der Waals surface area (Å²) in [5.41, 5.74) is 6.26. The van der Waals surface area contributed by atoms with Crippen LogP contribution >= 0.6 is 0 Å². The summed E-state index contributed by atoms with van der Waals surface area (Å²) in [7, 11) is 0. The number of nitrogens with zero attached hydrogens (tertiary/aromatic N) is 2. The molecule has 0 amide bonds. The molecule has 13 heavy (non-hydrogen) atoms. The zero-order valence-electron chi connectivity index (χ0n) is 7.40. The summed E-state index contributed by atoms with van der Waals surface area (Å²) in [6, 6.07) is 3.81. The highest BCUT2D eigenvalue weighted by atomic mass is 15.2. The third-order valence-corrected chi connectivity index (χ3v) is 2.05. The lowest BCUT2D eigenvalue weighted by atomic mass is 10.3. The fraction of sp³-hybridized carbons (Fsp3) is 0.333. The molecule has 0 bridgehead atoms. The maximum Gasteiger partial charge on any atom is 0.129 e. The van der Waals surface area contributed by atoms with Crippen molar-refractivity contribution >= 4 is 11.5 Å². The Balaban J connectivity index is 2.10. The molecule has 0 aliphatic carbocycles. The largest absolute Gasteiger partial charge is 0.397 e. The van der Waals surface area contributed by atoms with Crippen LogP contribution in [-0.4, -0.2) is 24.6 Å². The summed E-state index contributed by atoms with van der Waals surface area (Å²) < 4.78 is 0. The van der Waals surface area contributed by atoms with Crippen LogP contribution in [0.2, 0.25) is 0 Å². The Labute approximate surface area is 77.8 Å². The first kappa shape index (κ1) is 8.31.